The van der Waals surface area contributed by atoms with Crippen LogP contribution in [-0.2, 0) is 4.79 Å². The topological polar surface area (TPSA) is 130 Å². The van der Waals surface area contributed by atoms with Crippen LogP contribution in [0.2, 0.25) is 0 Å². The highest BCUT2D eigenvalue weighted by Gasteiger charge is 2.26. The fourth-order valence-electron chi connectivity index (χ4n) is 2.59. The van der Waals surface area contributed by atoms with Crippen LogP contribution in [0.15, 0.2) is 58.2 Å². The van der Waals surface area contributed by atoms with E-state index in [0.29, 0.717) is 22.6 Å². The molecule has 3 amide bonds. The largest absolute Gasteiger partial charge is 0.454 e. The van der Waals surface area contributed by atoms with Gasteiger partial charge >= 0.3 is 6.03 Å². The van der Waals surface area contributed by atoms with E-state index in [1.165, 1.54) is 0 Å². The highest BCUT2D eigenvalue weighted by molar-refractivity contribution is 8.00. The monoisotopic (exact) mass is 398 g/mol. The van der Waals surface area contributed by atoms with Gasteiger partial charge in [-0.3, -0.25) is 10.1 Å². The summed E-state index contributed by atoms with van der Waals surface area (Å²) < 4.78 is 16.3. The second kappa shape index (κ2) is 7.61. The zero-order valence-corrected chi connectivity index (χ0v) is 15.1. The maximum atomic E-state index is 12.4. The van der Waals surface area contributed by atoms with Gasteiger partial charge in [-0.15, -0.1) is 10.2 Å². The molecule has 2 aromatic carbocycles. The van der Waals surface area contributed by atoms with Crippen molar-refractivity contribution in [3.05, 3.63) is 54.1 Å². The van der Waals surface area contributed by atoms with Crippen LogP contribution >= 0.6 is 11.8 Å². The van der Waals surface area contributed by atoms with Gasteiger partial charge in [0.05, 0.1) is 0 Å². The van der Waals surface area contributed by atoms with E-state index >= 15 is 0 Å². The molecule has 0 saturated heterocycles. The van der Waals surface area contributed by atoms with Gasteiger partial charge in [-0.1, -0.05) is 30.3 Å². The fraction of sp³-hybridized carbons (Fsp3) is 0.111. The molecule has 1 aliphatic heterocycles. The number of aromatic nitrogens is 2. The lowest BCUT2D eigenvalue weighted by Crippen LogP contribution is -2.37. The van der Waals surface area contributed by atoms with E-state index in [1.54, 1.807) is 42.5 Å². The summed E-state index contributed by atoms with van der Waals surface area (Å²) >= 11 is 1.02. The van der Waals surface area contributed by atoms with E-state index < -0.39 is 17.2 Å². The molecule has 10 heteroatoms. The Kier molecular flexibility index (Phi) is 4.85. The van der Waals surface area contributed by atoms with Crippen LogP contribution in [0.3, 0.4) is 0 Å². The minimum atomic E-state index is -0.932. The number of fused-ring (bicyclic) bond motifs is 1. The molecule has 1 unspecified atom stereocenters. The van der Waals surface area contributed by atoms with E-state index in [1.807, 2.05) is 6.07 Å². The van der Waals surface area contributed by atoms with Crippen LogP contribution in [0, 0.1) is 0 Å². The molecule has 0 fully saturated rings. The molecule has 1 atom stereocenters. The van der Waals surface area contributed by atoms with E-state index in [9.17, 15) is 9.59 Å². The first-order valence-electron chi connectivity index (χ1n) is 8.15. The fourth-order valence-corrected chi connectivity index (χ4v) is 3.47. The van der Waals surface area contributed by atoms with Crippen molar-refractivity contribution in [2.75, 3.05) is 6.79 Å². The quantitative estimate of drug-likeness (QED) is 0.627. The molecular formula is C18H14N4O5S. The molecule has 28 heavy (non-hydrogen) atoms. The van der Waals surface area contributed by atoms with Crippen molar-refractivity contribution in [1.29, 1.82) is 0 Å². The van der Waals surface area contributed by atoms with Crippen molar-refractivity contribution in [1.82, 2.24) is 15.5 Å². The zero-order valence-electron chi connectivity index (χ0n) is 14.3. The number of imide groups is 1. The van der Waals surface area contributed by atoms with Gasteiger partial charge in [-0.25, -0.2) is 4.79 Å². The predicted molar refractivity (Wildman–Crippen MR) is 98.6 cm³/mol. The number of nitrogens with zero attached hydrogens (tertiary/aromatic N) is 2. The van der Waals surface area contributed by atoms with Crippen molar-refractivity contribution in [2.45, 2.75) is 10.5 Å². The molecule has 1 aromatic heterocycles. The summed E-state index contributed by atoms with van der Waals surface area (Å²) in [5.74, 6) is 0.924. The molecule has 0 bridgehead atoms. The molecule has 3 N–H and O–H groups in total. The second-order valence-corrected chi connectivity index (χ2v) is 6.76. The number of ether oxygens (including phenoxy) is 2. The number of amides is 3. The lowest BCUT2D eigenvalue weighted by Gasteiger charge is -2.13. The summed E-state index contributed by atoms with van der Waals surface area (Å²) in [5.41, 5.74) is 6.39. The molecule has 0 radical (unpaired) electrons. The summed E-state index contributed by atoms with van der Waals surface area (Å²) in [6.07, 6.45) is 0. The molecule has 0 spiro atoms. The van der Waals surface area contributed by atoms with Crippen LogP contribution in [0.4, 0.5) is 4.79 Å². The van der Waals surface area contributed by atoms with Gasteiger partial charge in [0, 0.05) is 5.56 Å². The van der Waals surface area contributed by atoms with Crippen LogP contribution in [-0.4, -0.2) is 28.9 Å². The van der Waals surface area contributed by atoms with Gasteiger partial charge < -0.3 is 19.6 Å². The molecule has 9 nitrogen and oxygen atoms in total. The standard InChI is InChI=1S/C18H14N4O5S/c19-17(24)20-15(23)14(10-4-2-1-3-5-10)28-18-22-21-16(27-18)11-6-7-12-13(8-11)26-9-25-12/h1-8,14H,9H2,(H3,19,20,23,24). The van der Waals surface area contributed by atoms with E-state index in [4.69, 9.17) is 19.6 Å². The summed E-state index contributed by atoms with van der Waals surface area (Å²) in [7, 11) is 0. The highest BCUT2D eigenvalue weighted by atomic mass is 32.2. The first-order chi connectivity index (χ1) is 13.6. The summed E-state index contributed by atoms with van der Waals surface area (Å²) in [5, 5.41) is 9.47. The Bertz CT molecular complexity index is 1020. The van der Waals surface area contributed by atoms with E-state index in [-0.39, 0.29) is 17.9 Å². The van der Waals surface area contributed by atoms with Crippen molar-refractivity contribution in [3.8, 4) is 23.0 Å². The summed E-state index contributed by atoms with van der Waals surface area (Å²) in [6.45, 7) is 0.164. The molecule has 2 heterocycles. The van der Waals surface area contributed by atoms with Crippen LogP contribution in [0.25, 0.3) is 11.5 Å². The second-order valence-electron chi connectivity index (χ2n) is 5.70. The normalized spacial score (nSPS) is 13.1. The predicted octanol–water partition coefficient (Wildman–Crippen LogP) is 2.49. The Balaban J connectivity index is 1.58. The number of urea groups is 1. The van der Waals surface area contributed by atoms with Gasteiger partial charge in [0.1, 0.15) is 5.25 Å². The minimum Gasteiger partial charge on any atom is -0.454 e. The van der Waals surface area contributed by atoms with Gasteiger partial charge in [0.15, 0.2) is 11.5 Å². The van der Waals surface area contributed by atoms with E-state index in [0.717, 1.165) is 11.8 Å². The number of carbonyl (C=O) groups is 2. The number of hydrogen-bond acceptors (Lipinski definition) is 8. The first kappa shape index (κ1) is 17.9. The van der Waals surface area contributed by atoms with Crippen molar-refractivity contribution in [2.24, 2.45) is 5.73 Å². The average Bonchev–Trinajstić information content (AvgIpc) is 3.34. The average molecular weight is 398 g/mol. The smallest absolute Gasteiger partial charge is 0.318 e. The molecule has 3 aromatic rings. The number of thioether (sulfide) groups is 1. The van der Waals surface area contributed by atoms with Gasteiger partial charge in [-0.2, -0.15) is 0 Å². The number of benzene rings is 2. The minimum absolute atomic E-state index is 0.164. The number of primary amides is 1. The molecule has 0 saturated carbocycles. The lowest BCUT2D eigenvalue weighted by atomic mass is 10.1. The molecule has 4 rings (SSSR count). The Hall–Kier alpha value is -3.53. The maximum absolute atomic E-state index is 12.4. The van der Waals surface area contributed by atoms with Crippen LogP contribution < -0.4 is 20.5 Å². The van der Waals surface area contributed by atoms with Gasteiger partial charge in [-0.05, 0) is 35.5 Å². The third kappa shape index (κ3) is 3.76. The van der Waals surface area contributed by atoms with Gasteiger partial charge in [0.25, 0.3) is 5.22 Å². The first-order valence-corrected chi connectivity index (χ1v) is 9.03. The lowest BCUT2D eigenvalue weighted by molar-refractivity contribution is -0.119. The molecular weight excluding hydrogens is 384 g/mol. The Morgan fingerprint density at radius 3 is 2.64 bits per heavy atom. The zero-order chi connectivity index (χ0) is 19.5. The molecule has 142 valence electrons. The summed E-state index contributed by atoms with van der Waals surface area (Å²) in [6, 6.07) is 13.2. The third-order valence-electron chi connectivity index (χ3n) is 3.83. The number of nitrogens with one attached hydrogen (secondary N) is 1. The maximum Gasteiger partial charge on any atom is 0.318 e. The third-order valence-corrected chi connectivity index (χ3v) is 4.92. The van der Waals surface area contributed by atoms with Crippen molar-refractivity contribution in [3.63, 3.8) is 0 Å². The number of hydrogen-bond donors (Lipinski definition) is 2. The van der Waals surface area contributed by atoms with E-state index in [2.05, 4.69) is 15.5 Å². The highest BCUT2D eigenvalue weighted by Crippen LogP contribution is 2.38. The van der Waals surface area contributed by atoms with Crippen LogP contribution in [0.1, 0.15) is 10.8 Å². The number of nitrogens with two attached hydrogens (primary N) is 1. The van der Waals surface area contributed by atoms with Crippen molar-refractivity contribution >= 4 is 23.7 Å². The number of carbonyl (C=O) groups excluding carboxylic acids is 2. The SMILES string of the molecule is NC(=O)NC(=O)C(Sc1nnc(-c2ccc3c(c2)OCO3)o1)c1ccccc1. The van der Waals surface area contributed by atoms with Crippen LogP contribution in [0.5, 0.6) is 11.5 Å². The Morgan fingerprint density at radius 1 is 1.07 bits per heavy atom. The van der Waals surface area contributed by atoms with Gasteiger partial charge in [0.2, 0.25) is 18.6 Å². The molecule has 0 aliphatic carbocycles. The van der Waals surface area contributed by atoms with Crippen molar-refractivity contribution < 1.29 is 23.5 Å². The summed E-state index contributed by atoms with van der Waals surface area (Å²) in [4.78, 5) is 23.5. The Morgan fingerprint density at radius 2 is 1.86 bits per heavy atom. The number of rotatable bonds is 5. The molecule has 1 aliphatic rings. The Labute approximate surface area is 163 Å².